The van der Waals surface area contributed by atoms with Gasteiger partial charge < -0.3 is 19.8 Å². The van der Waals surface area contributed by atoms with Crippen LogP contribution in [0.15, 0.2) is 42.5 Å². The normalized spacial score (nSPS) is 17.8. The Morgan fingerprint density at radius 3 is 2.45 bits per heavy atom. The number of anilines is 1. The lowest BCUT2D eigenvalue weighted by atomic mass is 10.1. The SMILES string of the molecule is O=C(O)C[C@@H](O)c1cccc(OCC2CCN(c3cc(C(F)(F)F)ccc3C(F)(F)F)C2)c1. The minimum Gasteiger partial charge on any atom is -0.493 e. The Hall–Kier alpha value is -2.95. The molecule has 0 saturated carbocycles. The van der Waals surface area contributed by atoms with Crippen molar-refractivity contribution in [1.82, 2.24) is 0 Å². The van der Waals surface area contributed by atoms with Crippen LogP contribution in [0, 0.1) is 5.92 Å². The van der Waals surface area contributed by atoms with Crippen LogP contribution in [0.25, 0.3) is 0 Å². The van der Waals surface area contributed by atoms with Crippen LogP contribution in [0.1, 0.15) is 35.6 Å². The van der Waals surface area contributed by atoms with E-state index < -0.39 is 47.7 Å². The number of nitrogens with zero attached hydrogens (tertiary/aromatic N) is 1. The van der Waals surface area contributed by atoms with Crippen LogP contribution in [0.5, 0.6) is 5.75 Å². The van der Waals surface area contributed by atoms with Gasteiger partial charge in [0.05, 0.1) is 30.3 Å². The van der Waals surface area contributed by atoms with Crippen molar-refractivity contribution < 1.29 is 46.1 Å². The summed E-state index contributed by atoms with van der Waals surface area (Å²) in [6.07, 6.45) is -10.9. The van der Waals surface area contributed by atoms with Gasteiger partial charge >= 0.3 is 18.3 Å². The highest BCUT2D eigenvalue weighted by atomic mass is 19.4. The fourth-order valence-electron chi connectivity index (χ4n) is 3.71. The molecule has 1 unspecified atom stereocenters. The van der Waals surface area contributed by atoms with Gasteiger partial charge in [0, 0.05) is 24.7 Å². The molecule has 2 aromatic rings. The maximum absolute atomic E-state index is 13.4. The van der Waals surface area contributed by atoms with E-state index in [-0.39, 0.29) is 25.6 Å². The first-order chi connectivity index (χ1) is 15.3. The van der Waals surface area contributed by atoms with Crippen molar-refractivity contribution in [2.75, 3.05) is 24.6 Å². The highest BCUT2D eigenvalue weighted by Gasteiger charge is 2.39. The van der Waals surface area contributed by atoms with Crippen LogP contribution < -0.4 is 9.64 Å². The topological polar surface area (TPSA) is 70.0 Å². The van der Waals surface area contributed by atoms with Crippen molar-refractivity contribution in [2.45, 2.75) is 31.3 Å². The number of benzene rings is 2. The molecule has 33 heavy (non-hydrogen) atoms. The van der Waals surface area contributed by atoms with E-state index in [0.29, 0.717) is 35.9 Å². The molecule has 0 radical (unpaired) electrons. The third-order valence-corrected chi connectivity index (χ3v) is 5.35. The number of ether oxygens (including phenoxy) is 1. The molecular weight excluding hydrogens is 456 g/mol. The van der Waals surface area contributed by atoms with E-state index in [1.807, 2.05) is 0 Å². The molecule has 2 N–H and O–H groups in total. The van der Waals surface area contributed by atoms with Crippen molar-refractivity contribution >= 4 is 11.7 Å². The lowest BCUT2D eigenvalue weighted by molar-refractivity contribution is -0.141. The zero-order valence-corrected chi connectivity index (χ0v) is 17.2. The van der Waals surface area contributed by atoms with Gasteiger partial charge in [0.25, 0.3) is 0 Å². The number of carboxylic acid groups (broad SMARTS) is 1. The number of aliphatic hydroxyl groups excluding tert-OH is 1. The van der Waals surface area contributed by atoms with E-state index in [2.05, 4.69) is 0 Å². The Morgan fingerprint density at radius 2 is 1.82 bits per heavy atom. The Balaban J connectivity index is 1.70. The number of hydrogen-bond acceptors (Lipinski definition) is 4. The molecule has 11 heteroatoms. The van der Waals surface area contributed by atoms with E-state index in [4.69, 9.17) is 9.84 Å². The van der Waals surface area contributed by atoms with Crippen molar-refractivity contribution in [1.29, 1.82) is 0 Å². The number of hydrogen-bond donors (Lipinski definition) is 2. The first-order valence-corrected chi connectivity index (χ1v) is 10.0. The van der Waals surface area contributed by atoms with Crippen LogP contribution in [-0.4, -0.2) is 35.9 Å². The fourth-order valence-corrected chi connectivity index (χ4v) is 3.71. The van der Waals surface area contributed by atoms with Gasteiger partial charge in [0.1, 0.15) is 5.75 Å². The largest absolute Gasteiger partial charge is 0.493 e. The second kappa shape index (κ2) is 9.50. The lowest BCUT2D eigenvalue weighted by Crippen LogP contribution is -2.25. The number of aliphatic carboxylic acids is 1. The van der Waals surface area contributed by atoms with E-state index in [1.54, 1.807) is 12.1 Å². The Morgan fingerprint density at radius 1 is 1.09 bits per heavy atom. The van der Waals surface area contributed by atoms with Crippen LogP contribution in [0.4, 0.5) is 32.0 Å². The number of rotatable bonds is 7. The second-order valence-corrected chi connectivity index (χ2v) is 7.83. The zero-order valence-electron chi connectivity index (χ0n) is 17.2. The first kappa shape index (κ1) is 24.7. The molecule has 1 fully saturated rings. The van der Waals surface area contributed by atoms with Gasteiger partial charge in [-0.05, 0) is 42.3 Å². The van der Waals surface area contributed by atoms with Gasteiger partial charge in [-0.2, -0.15) is 26.3 Å². The van der Waals surface area contributed by atoms with Crippen LogP contribution in [0.2, 0.25) is 0 Å². The smallest absolute Gasteiger partial charge is 0.418 e. The lowest BCUT2D eigenvalue weighted by Gasteiger charge is -2.24. The van der Waals surface area contributed by atoms with Crippen LogP contribution >= 0.6 is 0 Å². The van der Waals surface area contributed by atoms with Gasteiger partial charge in [-0.3, -0.25) is 4.79 Å². The molecule has 1 heterocycles. The van der Waals surface area contributed by atoms with Crippen molar-refractivity contribution in [3.8, 4) is 5.75 Å². The molecular formula is C22H21F6NO4. The van der Waals surface area contributed by atoms with E-state index in [0.717, 1.165) is 0 Å². The Labute approximate surface area is 185 Å². The quantitative estimate of drug-likeness (QED) is 0.541. The first-order valence-electron chi connectivity index (χ1n) is 10.0. The van der Waals surface area contributed by atoms with E-state index in [9.17, 15) is 36.2 Å². The molecule has 0 bridgehead atoms. The third-order valence-electron chi connectivity index (χ3n) is 5.35. The average molecular weight is 477 g/mol. The van der Waals surface area contributed by atoms with Gasteiger partial charge in [0.2, 0.25) is 0 Å². The summed E-state index contributed by atoms with van der Waals surface area (Å²) in [5.41, 5.74) is -2.46. The number of carboxylic acids is 1. The summed E-state index contributed by atoms with van der Waals surface area (Å²) in [5, 5.41) is 18.7. The number of carbonyl (C=O) groups is 1. The molecule has 1 aliphatic rings. The molecule has 5 nitrogen and oxygen atoms in total. The van der Waals surface area contributed by atoms with Gasteiger partial charge in [-0.15, -0.1) is 0 Å². The molecule has 1 aliphatic heterocycles. The molecule has 0 spiro atoms. The molecule has 0 amide bonds. The maximum Gasteiger partial charge on any atom is 0.418 e. The minimum atomic E-state index is -4.80. The summed E-state index contributed by atoms with van der Waals surface area (Å²) >= 11 is 0. The standard InChI is InChI=1S/C22H21F6NO4/c23-21(24,25)15-4-5-17(22(26,27)28)18(9-15)29-7-6-13(11-29)12-33-16-3-1-2-14(8-16)19(30)10-20(31)32/h1-5,8-9,13,19,30H,6-7,10-12H2,(H,31,32)/t13?,19-/m1/s1. The number of halogens is 6. The highest BCUT2D eigenvalue weighted by molar-refractivity contribution is 5.67. The average Bonchev–Trinajstić information content (AvgIpc) is 3.19. The number of alkyl halides is 6. The number of aliphatic hydroxyl groups is 1. The molecule has 0 aliphatic carbocycles. The van der Waals surface area contributed by atoms with Gasteiger partial charge in [-0.25, -0.2) is 0 Å². The molecule has 1 saturated heterocycles. The van der Waals surface area contributed by atoms with E-state index in [1.165, 1.54) is 17.0 Å². The fraction of sp³-hybridized carbons (Fsp3) is 0.409. The van der Waals surface area contributed by atoms with Crippen molar-refractivity contribution in [2.24, 2.45) is 5.92 Å². The maximum atomic E-state index is 13.4. The Bertz CT molecular complexity index is 992. The second-order valence-electron chi connectivity index (χ2n) is 7.83. The summed E-state index contributed by atoms with van der Waals surface area (Å²) in [7, 11) is 0. The molecule has 3 rings (SSSR count). The summed E-state index contributed by atoms with van der Waals surface area (Å²) in [5.74, 6) is -1.08. The molecule has 2 aromatic carbocycles. The predicted molar refractivity (Wildman–Crippen MR) is 106 cm³/mol. The summed E-state index contributed by atoms with van der Waals surface area (Å²) < 4.78 is 85.0. The monoisotopic (exact) mass is 477 g/mol. The summed E-state index contributed by atoms with van der Waals surface area (Å²) in [6.45, 7) is 0.302. The van der Waals surface area contributed by atoms with Crippen LogP contribution in [-0.2, 0) is 17.1 Å². The summed E-state index contributed by atoms with van der Waals surface area (Å²) in [6, 6.07) is 7.55. The van der Waals surface area contributed by atoms with E-state index >= 15 is 0 Å². The highest BCUT2D eigenvalue weighted by Crippen LogP contribution is 2.41. The predicted octanol–water partition coefficient (Wildman–Crippen LogP) is 5.14. The molecule has 2 atom stereocenters. The minimum absolute atomic E-state index is 0.0751. The van der Waals surface area contributed by atoms with Crippen molar-refractivity contribution in [3.63, 3.8) is 0 Å². The Kier molecular flexibility index (Phi) is 7.11. The molecule has 0 aromatic heterocycles. The van der Waals surface area contributed by atoms with Crippen molar-refractivity contribution in [3.05, 3.63) is 59.2 Å². The summed E-state index contributed by atoms with van der Waals surface area (Å²) in [4.78, 5) is 12.0. The third kappa shape index (κ3) is 6.31. The van der Waals surface area contributed by atoms with Gasteiger partial charge in [-0.1, -0.05) is 12.1 Å². The van der Waals surface area contributed by atoms with Gasteiger partial charge in [0.15, 0.2) is 0 Å². The van der Waals surface area contributed by atoms with Crippen LogP contribution in [0.3, 0.4) is 0 Å². The zero-order chi connectivity index (χ0) is 24.4. The molecule has 180 valence electrons.